The number of carboxylic acid groups (broad SMARTS) is 1. The van der Waals surface area contributed by atoms with E-state index in [0.717, 1.165) is 49.2 Å². The number of hydrogen-bond donors (Lipinski definition) is 1. The summed E-state index contributed by atoms with van der Waals surface area (Å²) in [5.74, 6) is -0.842. The number of aryl methyl sites for hydroxylation is 1. The van der Waals surface area contributed by atoms with Crippen LogP contribution in [0.1, 0.15) is 21.7 Å². The van der Waals surface area contributed by atoms with Crippen LogP contribution in [0.2, 0.25) is 0 Å². The monoisotopic (exact) mass is 380 g/mol. The summed E-state index contributed by atoms with van der Waals surface area (Å²) in [7, 11) is 0. The van der Waals surface area contributed by atoms with E-state index >= 15 is 0 Å². The van der Waals surface area contributed by atoms with E-state index < -0.39 is 5.97 Å². The number of fused-ring (bicyclic) bond motifs is 1. The Bertz CT molecular complexity index is 914. The van der Waals surface area contributed by atoms with Crippen molar-refractivity contribution in [3.63, 3.8) is 0 Å². The predicted molar refractivity (Wildman–Crippen MR) is 112 cm³/mol. The Hall–Kier alpha value is -2.37. The molecule has 1 aromatic heterocycles. The average molecular weight is 381 g/mol. The van der Waals surface area contributed by atoms with Crippen LogP contribution in [0.5, 0.6) is 0 Å². The van der Waals surface area contributed by atoms with Crippen LogP contribution < -0.4 is 4.90 Å². The van der Waals surface area contributed by atoms with Crippen molar-refractivity contribution >= 4 is 33.1 Å². The second-order valence-electron chi connectivity index (χ2n) is 7.02. The third-order valence-electron chi connectivity index (χ3n) is 5.24. The highest BCUT2D eigenvalue weighted by molar-refractivity contribution is 7.20. The molecule has 2 aromatic carbocycles. The van der Waals surface area contributed by atoms with Crippen LogP contribution in [-0.4, -0.2) is 48.7 Å². The quantitative estimate of drug-likeness (QED) is 0.690. The van der Waals surface area contributed by atoms with Gasteiger partial charge in [-0.05, 0) is 43.1 Å². The molecule has 0 saturated carbocycles. The molecule has 1 N–H and O–H groups in total. The Morgan fingerprint density at radius 2 is 1.78 bits per heavy atom. The SMILES string of the molecule is O=C(O)c1cc2c(N3CCN(CCCc4ccccc4)CC3)cccc2s1. The number of anilines is 1. The first kappa shape index (κ1) is 18.0. The summed E-state index contributed by atoms with van der Waals surface area (Å²) in [6.45, 7) is 5.22. The van der Waals surface area contributed by atoms with Crippen LogP contribution in [0.3, 0.4) is 0 Å². The first-order valence-electron chi connectivity index (χ1n) is 9.48. The molecule has 0 radical (unpaired) electrons. The molecule has 0 spiro atoms. The minimum Gasteiger partial charge on any atom is -0.477 e. The fraction of sp³-hybridized carbons (Fsp3) is 0.318. The van der Waals surface area contributed by atoms with Gasteiger partial charge in [0.1, 0.15) is 4.88 Å². The third-order valence-corrected chi connectivity index (χ3v) is 6.33. The maximum absolute atomic E-state index is 11.3. The number of benzene rings is 2. The van der Waals surface area contributed by atoms with Gasteiger partial charge in [0.05, 0.1) is 0 Å². The van der Waals surface area contributed by atoms with Gasteiger partial charge in [0.25, 0.3) is 0 Å². The molecule has 0 amide bonds. The lowest BCUT2D eigenvalue weighted by Crippen LogP contribution is -2.46. The number of thiophene rings is 1. The van der Waals surface area contributed by atoms with Crippen molar-refractivity contribution in [2.45, 2.75) is 12.8 Å². The van der Waals surface area contributed by atoms with E-state index in [2.05, 4.69) is 46.2 Å². The topological polar surface area (TPSA) is 43.8 Å². The van der Waals surface area contributed by atoms with Crippen molar-refractivity contribution in [1.29, 1.82) is 0 Å². The lowest BCUT2D eigenvalue weighted by molar-refractivity contribution is 0.0702. The Morgan fingerprint density at radius 1 is 1.00 bits per heavy atom. The highest BCUT2D eigenvalue weighted by Gasteiger charge is 2.20. The molecule has 3 aromatic rings. The molecule has 1 saturated heterocycles. The van der Waals surface area contributed by atoms with E-state index in [1.807, 2.05) is 18.2 Å². The largest absolute Gasteiger partial charge is 0.477 e. The van der Waals surface area contributed by atoms with E-state index in [0.29, 0.717) is 4.88 Å². The Labute approximate surface area is 163 Å². The van der Waals surface area contributed by atoms with Gasteiger partial charge in [-0.25, -0.2) is 4.79 Å². The first-order chi connectivity index (χ1) is 13.2. The zero-order valence-corrected chi connectivity index (χ0v) is 16.1. The molecule has 0 unspecified atom stereocenters. The summed E-state index contributed by atoms with van der Waals surface area (Å²) in [5, 5.41) is 10.3. The number of rotatable bonds is 6. The van der Waals surface area contributed by atoms with Crippen molar-refractivity contribution in [3.05, 3.63) is 65.0 Å². The normalized spacial score (nSPS) is 15.3. The second-order valence-corrected chi connectivity index (χ2v) is 8.11. The van der Waals surface area contributed by atoms with Gasteiger partial charge in [0, 0.05) is 42.0 Å². The van der Waals surface area contributed by atoms with Crippen molar-refractivity contribution in [2.24, 2.45) is 0 Å². The standard InChI is InChI=1S/C22H24N2O2S/c25-22(26)21-16-18-19(9-4-10-20(18)27-21)24-14-12-23(13-15-24)11-5-8-17-6-2-1-3-7-17/h1-4,6-7,9-10,16H,5,8,11-15H2,(H,25,26). The lowest BCUT2D eigenvalue weighted by atomic mass is 10.1. The van der Waals surface area contributed by atoms with Crippen molar-refractivity contribution in [2.75, 3.05) is 37.6 Å². The summed E-state index contributed by atoms with van der Waals surface area (Å²) < 4.78 is 1.05. The molecule has 5 heteroatoms. The number of hydrogen-bond acceptors (Lipinski definition) is 4. The maximum Gasteiger partial charge on any atom is 0.345 e. The van der Waals surface area contributed by atoms with E-state index in [4.69, 9.17) is 0 Å². The van der Waals surface area contributed by atoms with Crippen LogP contribution in [-0.2, 0) is 6.42 Å². The molecule has 140 valence electrons. The van der Waals surface area contributed by atoms with Crippen molar-refractivity contribution < 1.29 is 9.90 Å². The fourth-order valence-electron chi connectivity index (χ4n) is 3.79. The minimum absolute atomic E-state index is 0.414. The van der Waals surface area contributed by atoms with E-state index in [1.54, 1.807) is 0 Å². The van der Waals surface area contributed by atoms with Gasteiger partial charge in [-0.15, -0.1) is 11.3 Å². The lowest BCUT2D eigenvalue weighted by Gasteiger charge is -2.36. The molecule has 0 bridgehead atoms. The maximum atomic E-state index is 11.3. The fourth-order valence-corrected chi connectivity index (χ4v) is 4.71. The highest BCUT2D eigenvalue weighted by Crippen LogP contribution is 2.33. The van der Waals surface area contributed by atoms with Crippen molar-refractivity contribution in [3.8, 4) is 0 Å². The van der Waals surface area contributed by atoms with Crippen LogP contribution in [0.15, 0.2) is 54.6 Å². The second kappa shape index (κ2) is 8.11. The zero-order chi connectivity index (χ0) is 18.6. The molecular formula is C22H24N2O2S. The number of piperazine rings is 1. The van der Waals surface area contributed by atoms with Gasteiger partial charge in [-0.2, -0.15) is 0 Å². The van der Waals surface area contributed by atoms with E-state index in [9.17, 15) is 9.90 Å². The number of nitrogens with zero attached hydrogens (tertiary/aromatic N) is 2. The van der Waals surface area contributed by atoms with Gasteiger partial charge in [-0.3, -0.25) is 4.90 Å². The summed E-state index contributed by atoms with van der Waals surface area (Å²) in [6, 6.07) is 18.7. The molecule has 27 heavy (non-hydrogen) atoms. The Morgan fingerprint density at radius 3 is 2.52 bits per heavy atom. The third kappa shape index (κ3) is 4.15. The summed E-state index contributed by atoms with van der Waals surface area (Å²) in [6.07, 6.45) is 2.32. The van der Waals surface area contributed by atoms with Gasteiger partial charge in [0.2, 0.25) is 0 Å². The molecule has 2 heterocycles. The van der Waals surface area contributed by atoms with E-state index in [1.165, 1.54) is 29.0 Å². The molecule has 1 fully saturated rings. The number of carbonyl (C=O) groups is 1. The minimum atomic E-state index is -0.842. The summed E-state index contributed by atoms with van der Waals surface area (Å²) in [5.41, 5.74) is 2.58. The smallest absolute Gasteiger partial charge is 0.345 e. The van der Waals surface area contributed by atoms with Gasteiger partial charge >= 0.3 is 5.97 Å². The van der Waals surface area contributed by atoms with Crippen LogP contribution in [0.25, 0.3) is 10.1 Å². The molecule has 1 aliphatic heterocycles. The summed E-state index contributed by atoms with van der Waals surface area (Å²) >= 11 is 1.36. The average Bonchev–Trinajstić information content (AvgIpc) is 3.14. The van der Waals surface area contributed by atoms with Crippen LogP contribution >= 0.6 is 11.3 Å². The van der Waals surface area contributed by atoms with E-state index in [-0.39, 0.29) is 0 Å². The Balaban J connectivity index is 1.35. The predicted octanol–water partition coefficient (Wildman–Crippen LogP) is 4.35. The molecule has 0 atom stereocenters. The zero-order valence-electron chi connectivity index (χ0n) is 15.3. The molecule has 4 nitrogen and oxygen atoms in total. The van der Waals surface area contributed by atoms with Gasteiger partial charge in [-0.1, -0.05) is 36.4 Å². The summed E-state index contributed by atoms with van der Waals surface area (Å²) in [4.78, 5) is 16.6. The highest BCUT2D eigenvalue weighted by atomic mass is 32.1. The Kier molecular flexibility index (Phi) is 5.41. The van der Waals surface area contributed by atoms with Crippen LogP contribution in [0, 0.1) is 0 Å². The molecule has 1 aliphatic rings. The van der Waals surface area contributed by atoms with Gasteiger partial charge in [0.15, 0.2) is 0 Å². The number of aromatic carboxylic acids is 1. The first-order valence-corrected chi connectivity index (χ1v) is 10.3. The molecule has 0 aliphatic carbocycles. The van der Waals surface area contributed by atoms with Crippen molar-refractivity contribution in [1.82, 2.24) is 4.90 Å². The number of carboxylic acids is 1. The van der Waals surface area contributed by atoms with Gasteiger partial charge < -0.3 is 10.0 Å². The van der Waals surface area contributed by atoms with Crippen LogP contribution in [0.4, 0.5) is 5.69 Å². The molecular weight excluding hydrogens is 356 g/mol. The molecule has 4 rings (SSSR count).